The lowest BCUT2D eigenvalue weighted by Crippen LogP contribution is -2.46. The number of amidine groups is 1. The molecule has 0 radical (unpaired) electrons. The minimum atomic E-state index is 0.405. The van der Waals surface area contributed by atoms with Crippen LogP contribution in [-0.4, -0.2) is 27.9 Å². The van der Waals surface area contributed by atoms with E-state index in [1.54, 1.807) is 11.3 Å². The van der Waals surface area contributed by atoms with Gasteiger partial charge in [-0.15, -0.1) is 11.3 Å². The third kappa shape index (κ3) is 2.95. The lowest BCUT2D eigenvalue weighted by molar-refractivity contribution is 0.198. The van der Waals surface area contributed by atoms with Crippen molar-refractivity contribution < 1.29 is 0 Å². The molecule has 0 aromatic carbocycles. The summed E-state index contributed by atoms with van der Waals surface area (Å²) in [5.74, 6) is 1.91. The molecule has 0 bridgehead atoms. The van der Waals surface area contributed by atoms with Gasteiger partial charge in [-0.2, -0.15) is 0 Å². The number of rotatable bonds is 3. The molecule has 1 aromatic rings. The van der Waals surface area contributed by atoms with Crippen molar-refractivity contribution in [1.29, 1.82) is 0 Å². The summed E-state index contributed by atoms with van der Waals surface area (Å²) in [7, 11) is 0. The van der Waals surface area contributed by atoms with Crippen LogP contribution >= 0.6 is 39.0 Å². The molecule has 0 atom stereocenters. The van der Waals surface area contributed by atoms with E-state index >= 15 is 0 Å². The number of thioether (sulfide) groups is 1. The monoisotopic (exact) mass is 372 g/mol. The molecule has 2 heterocycles. The van der Waals surface area contributed by atoms with E-state index in [0.29, 0.717) is 11.5 Å². The highest BCUT2D eigenvalue weighted by molar-refractivity contribution is 9.11. The summed E-state index contributed by atoms with van der Waals surface area (Å²) in [5.41, 5.74) is 0.405. The third-order valence-corrected chi connectivity index (χ3v) is 6.89. The van der Waals surface area contributed by atoms with Crippen LogP contribution in [0.3, 0.4) is 0 Å². The van der Waals surface area contributed by atoms with Gasteiger partial charge in [-0.3, -0.25) is 0 Å². The van der Waals surface area contributed by atoms with Crippen molar-refractivity contribution in [2.45, 2.75) is 45.1 Å². The second-order valence-corrected chi connectivity index (χ2v) is 9.58. The molecule has 2 fully saturated rings. The van der Waals surface area contributed by atoms with Crippen LogP contribution in [0.25, 0.3) is 0 Å². The van der Waals surface area contributed by atoms with Gasteiger partial charge >= 0.3 is 0 Å². The van der Waals surface area contributed by atoms with E-state index in [1.165, 1.54) is 36.6 Å². The van der Waals surface area contributed by atoms with E-state index in [-0.39, 0.29) is 0 Å². The second kappa shape index (κ2) is 6.01. The van der Waals surface area contributed by atoms with Gasteiger partial charge in [-0.25, -0.2) is 4.99 Å². The lowest BCUT2D eigenvalue weighted by atomic mass is 9.97. The fourth-order valence-corrected chi connectivity index (χ4v) is 5.91. The summed E-state index contributed by atoms with van der Waals surface area (Å²) >= 11 is 7.20. The van der Waals surface area contributed by atoms with E-state index in [2.05, 4.69) is 46.8 Å². The van der Waals surface area contributed by atoms with Crippen molar-refractivity contribution >= 4 is 49.2 Å². The largest absolute Gasteiger partial charge is 0.344 e. The zero-order valence-electron chi connectivity index (χ0n) is 12.1. The van der Waals surface area contributed by atoms with Crippen LogP contribution in [-0.2, 0) is 0 Å². The Morgan fingerprint density at radius 3 is 2.70 bits per heavy atom. The van der Waals surface area contributed by atoms with Gasteiger partial charge < -0.3 is 4.90 Å². The molecule has 1 aromatic heterocycles. The Hall–Kier alpha value is -0.000000000000000111. The van der Waals surface area contributed by atoms with E-state index in [1.807, 2.05) is 11.8 Å². The molecule has 2 aliphatic rings. The van der Waals surface area contributed by atoms with Gasteiger partial charge in [0.15, 0.2) is 5.17 Å². The summed E-state index contributed by atoms with van der Waals surface area (Å²) in [6.45, 7) is 5.76. The van der Waals surface area contributed by atoms with Crippen LogP contribution in [0.1, 0.15) is 39.5 Å². The van der Waals surface area contributed by atoms with Crippen molar-refractivity contribution in [1.82, 2.24) is 4.90 Å². The number of thiophene rings is 1. The number of aliphatic imine (C=N–C) groups is 1. The smallest absolute Gasteiger partial charge is 0.165 e. The molecule has 1 saturated carbocycles. The Balaban J connectivity index is 1.88. The molecule has 0 N–H and O–H groups in total. The number of halogens is 1. The lowest BCUT2D eigenvalue weighted by Gasteiger charge is -2.36. The molecule has 0 unspecified atom stereocenters. The maximum atomic E-state index is 4.93. The first-order chi connectivity index (χ1) is 9.59. The normalized spacial score (nSPS) is 23.6. The SMILES string of the molecule is CC(C)CN1/C(=N\c2ccc(Br)s2)SCC12CCCC2. The molecule has 2 nitrogen and oxygen atoms in total. The minimum absolute atomic E-state index is 0.405. The number of hydrogen-bond donors (Lipinski definition) is 0. The Bertz CT molecular complexity index is 504. The Morgan fingerprint density at radius 2 is 2.10 bits per heavy atom. The fourth-order valence-electron chi connectivity index (χ4n) is 3.19. The predicted octanol–water partition coefficient (Wildman–Crippen LogP) is 5.52. The molecule has 3 rings (SSSR count). The van der Waals surface area contributed by atoms with Gasteiger partial charge in [-0.1, -0.05) is 38.5 Å². The van der Waals surface area contributed by atoms with Crippen LogP contribution in [0.2, 0.25) is 0 Å². The topological polar surface area (TPSA) is 15.6 Å². The van der Waals surface area contributed by atoms with E-state index in [0.717, 1.165) is 15.3 Å². The third-order valence-electron chi connectivity index (χ3n) is 4.12. The van der Waals surface area contributed by atoms with Gasteiger partial charge in [-0.05, 0) is 46.8 Å². The van der Waals surface area contributed by atoms with Crippen molar-refractivity contribution in [2.75, 3.05) is 12.3 Å². The molecule has 1 aliphatic heterocycles. The highest BCUT2D eigenvalue weighted by Gasteiger charge is 2.46. The minimum Gasteiger partial charge on any atom is -0.344 e. The van der Waals surface area contributed by atoms with Crippen LogP contribution in [0, 0.1) is 5.92 Å². The molecule has 20 heavy (non-hydrogen) atoms. The summed E-state index contributed by atoms with van der Waals surface area (Å²) in [5, 5.41) is 2.36. The molecule has 1 aliphatic carbocycles. The first-order valence-electron chi connectivity index (χ1n) is 7.33. The first-order valence-corrected chi connectivity index (χ1v) is 9.93. The van der Waals surface area contributed by atoms with Crippen LogP contribution in [0.4, 0.5) is 5.00 Å². The van der Waals surface area contributed by atoms with Crippen molar-refractivity contribution in [3.05, 3.63) is 15.9 Å². The van der Waals surface area contributed by atoms with Crippen molar-refractivity contribution in [2.24, 2.45) is 10.9 Å². The molecular weight excluding hydrogens is 352 g/mol. The zero-order chi connectivity index (χ0) is 14.2. The summed E-state index contributed by atoms with van der Waals surface area (Å²) in [6, 6.07) is 4.19. The Kier molecular flexibility index (Phi) is 4.48. The van der Waals surface area contributed by atoms with E-state index in [4.69, 9.17) is 4.99 Å². The molecule has 0 amide bonds. The predicted molar refractivity (Wildman–Crippen MR) is 94.3 cm³/mol. The standard InChI is InChI=1S/C15H21BrN2S2/c1-11(2)9-18-14(17-13-6-5-12(16)20-13)19-10-15(18)7-3-4-8-15/h5-6,11H,3-4,7-10H2,1-2H3/b17-14+. The second-order valence-electron chi connectivity index (χ2n) is 6.20. The van der Waals surface area contributed by atoms with Gasteiger partial charge in [0.2, 0.25) is 0 Å². The van der Waals surface area contributed by atoms with Crippen molar-refractivity contribution in [3.8, 4) is 0 Å². The van der Waals surface area contributed by atoms with Crippen LogP contribution < -0.4 is 0 Å². The maximum Gasteiger partial charge on any atom is 0.165 e. The zero-order valence-corrected chi connectivity index (χ0v) is 15.3. The Labute approximate surface area is 138 Å². The summed E-state index contributed by atoms with van der Waals surface area (Å²) < 4.78 is 1.16. The molecule has 110 valence electrons. The summed E-state index contributed by atoms with van der Waals surface area (Å²) in [4.78, 5) is 7.55. The fraction of sp³-hybridized carbons (Fsp3) is 0.667. The van der Waals surface area contributed by atoms with Gasteiger partial charge in [0, 0.05) is 12.3 Å². The molecule has 1 spiro atoms. The quantitative estimate of drug-likeness (QED) is 0.694. The van der Waals surface area contributed by atoms with Gasteiger partial charge in [0.1, 0.15) is 5.00 Å². The van der Waals surface area contributed by atoms with Crippen molar-refractivity contribution in [3.63, 3.8) is 0 Å². The van der Waals surface area contributed by atoms with Gasteiger partial charge in [0.25, 0.3) is 0 Å². The maximum absolute atomic E-state index is 4.93. The average Bonchev–Trinajstić information content (AvgIpc) is 3.08. The molecule has 5 heteroatoms. The average molecular weight is 373 g/mol. The van der Waals surface area contributed by atoms with Crippen LogP contribution in [0.15, 0.2) is 20.9 Å². The summed E-state index contributed by atoms with van der Waals surface area (Å²) in [6.07, 6.45) is 5.46. The molecular formula is C15H21BrN2S2. The molecule has 1 saturated heterocycles. The first kappa shape index (κ1) is 14.9. The van der Waals surface area contributed by atoms with Crippen LogP contribution in [0.5, 0.6) is 0 Å². The Morgan fingerprint density at radius 1 is 1.35 bits per heavy atom. The highest BCUT2D eigenvalue weighted by Crippen LogP contribution is 2.45. The van der Waals surface area contributed by atoms with E-state index in [9.17, 15) is 0 Å². The highest BCUT2D eigenvalue weighted by atomic mass is 79.9. The number of nitrogens with zero attached hydrogens (tertiary/aromatic N) is 2. The van der Waals surface area contributed by atoms with Gasteiger partial charge in [0.05, 0.1) is 9.33 Å². The van der Waals surface area contributed by atoms with E-state index < -0.39 is 0 Å². The number of hydrogen-bond acceptors (Lipinski definition) is 3.